The van der Waals surface area contributed by atoms with Crippen molar-refractivity contribution in [3.8, 4) is 0 Å². The highest BCUT2D eigenvalue weighted by atomic mass is 16.1. The predicted molar refractivity (Wildman–Crippen MR) is 130 cm³/mol. The van der Waals surface area contributed by atoms with Gasteiger partial charge in [-0.25, -0.2) is 4.98 Å². The standard InChI is InChI=1S/C24H27N9O/c34-14-13-31-9-11-32(12-10-31)22-6-5-21(29-30-22)27-24-26-15-19-18-7-8-25-16-20(18)33(23(19)28-24)17-3-1-2-4-17/h5-8,14-17H,1-4,9-13H2,(H,26,27,28,29). The van der Waals surface area contributed by atoms with Gasteiger partial charge in [-0.05, 0) is 31.0 Å². The largest absolute Gasteiger partial charge is 0.353 e. The van der Waals surface area contributed by atoms with E-state index in [0.29, 0.717) is 24.4 Å². The Morgan fingerprint density at radius 1 is 1.00 bits per heavy atom. The summed E-state index contributed by atoms with van der Waals surface area (Å²) in [5.41, 5.74) is 2.05. The SMILES string of the molecule is O=CCN1CCN(c2ccc(Nc3ncc4c5ccncc5n(C5CCCC5)c4n3)nn2)CC1. The lowest BCUT2D eigenvalue weighted by atomic mass is 10.2. The van der Waals surface area contributed by atoms with E-state index in [4.69, 9.17) is 4.98 Å². The van der Waals surface area contributed by atoms with Crippen molar-refractivity contribution in [1.29, 1.82) is 0 Å². The van der Waals surface area contributed by atoms with Crippen molar-refractivity contribution < 1.29 is 4.79 Å². The van der Waals surface area contributed by atoms with Gasteiger partial charge in [0.1, 0.15) is 11.9 Å². The number of carbonyl (C=O) groups is 1. The lowest BCUT2D eigenvalue weighted by molar-refractivity contribution is -0.108. The van der Waals surface area contributed by atoms with Crippen LogP contribution in [0.15, 0.2) is 36.8 Å². The van der Waals surface area contributed by atoms with E-state index in [2.05, 4.69) is 39.8 Å². The second-order valence-electron chi connectivity index (χ2n) is 8.99. The quantitative estimate of drug-likeness (QED) is 0.438. The first-order valence-electron chi connectivity index (χ1n) is 11.9. The lowest BCUT2D eigenvalue weighted by Crippen LogP contribution is -2.47. The lowest BCUT2D eigenvalue weighted by Gasteiger charge is -2.34. The van der Waals surface area contributed by atoms with Crippen molar-refractivity contribution in [3.05, 3.63) is 36.8 Å². The summed E-state index contributed by atoms with van der Waals surface area (Å²) in [7, 11) is 0. The van der Waals surface area contributed by atoms with Crippen LogP contribution in [0.1, 0.15) is 31.7 Å². The highest BCUT2D eigenvalue weighted by Gasteiger charge is 2.23. The Hall–Kier alpha value is -3.66. The number of aldehydes is 1. The molecule has 1 aliphatic heterocycles. The van der Waals surface area contributed by atoms with E-state index in [1.165, 1.54) is 12.8 Å². The molecule has 6 rings (SSSR count). The van der Waals surface area contributed by atoms with Crippen LogP contribution in [0, 0.1) is 0 Å². The van der Waals surface area contributed by atoms with Gasteiger partial charge in [0.05, 0.1) is 18.3 Å². The van der Waals surface area contributed by atoms with Gasteiger partial charge in [-0.3, -0.25) is 9.88 Å². The number of hydrogen-bond donors (Lipinski definition) is 1. The number of carbonyl (C=O) groups excluding carboxylic acids is 1. The topological polar surface area (TPSA) is 105 Å². The van der Waals surface area contributed by atoms with Crippen LogP contribution >= 0.6 is 0 Å². The van der Waals surface area contributed by atoms with Gasteiger partial charge in [0.2, 0.25) is 5.95 Å². The third-order valence-electron chi connectivity index (χ3n) is 6.96. The molecule has 0 bridgehead atoms. The fraction of sp³-hybridized carbons (Fsp3) is 0.417. The molecule has 2 aliphatic rings. The average Bonchev–Trinajstić information content (AvgIpc) is 3.51. The molecule has 0 atom stereocenters. The van der Waals surface area contributed by atoms with E-state index in [-0.39, 0.29) is 0 Å². The minimum atomic E-state index is 0.443. The van der Waals surface area contributed by atoms with Gasteiger partial charge < -0.3 is 19.6 Å². The first-order valence-corrected chi connectivity index (χ1v) is 11.9. The van der Waals surface area contributed by atoms with Crippen LogP contribution in [0.3, 0.4) is 0 Å². The van der Waals surface area contributed by atoms with E-state index in [1.807, 2.05) is 36.8 Å². The van der Waals surface area contributed by atoms with Gasteiger partial charge in [0.25, 0.3) is 0 Å². The van der Waals surface area contributed by atoms with Gasteiger partial charge >= 0.3 is 0 Å². The highest BCUT2D eigenvalue weighted by molar-refractivity contribution is 6.06. The second-order valence-corrected chi connectivity index (χ2v) is 8.99. The molecule has 174 valence electrons. The number of nitrogens with one attached hydrogen (secondary N) is 1. The summed E-state index contributed by atoms with van der Waals surface area (Å²) < 4.78 is 2.34. The molecule has 0 radical (unpaired) electrons. The highest BCUT2D eigenvalue weighted by Crippen LogP contribution is 2.37. The Balaban J connectivity index is 1.24. The fourth-order valence-corrected chi connectivity index (χ4v) is 5.20. The van der Waals surface area contributed by atoms with E-state index in [9.17, 15) is 4.79 Å². The van der Waals surface area contributed by atoms with Crippen molar-refractivity contribution in [2.45, 2.75) is 31.7 Å². The molecule has 4 aromatic rings. The number of pyridine rings is 1. The number of rotatable bonds is 6. The van der Waals surface area contributed by atoms with E-state index in [0.717, 1.165) is 73.1 Å². The molecule has 4 aromatic heterocycles. The third-order valence-corrected chi connectivity index (χ3v) is 6.96. The monoisotopic (exact) mass is 457 g/mol. The average molecular weight is 458 g/mol. The van der Waals surface area contributed by atoms with Crippen molar-refractivity contribution >= 4 is 45.8 Å². The number of fused-ring (bicyclic) bond motifs is 3. The molecule has 1 aliphatic carbocycles. The number of piperazine rings is 1. The molecule has 0 aromatic carbocycles. The summed E-state index contributed by atoms with van der Waals surface area (Å²) >= 11 is 0. The van der Waals surface area contributed by atoms with Crippen LogP contribution in [-0.2, 0) is 4.79 Å². The van der Waals surface area contributed by atoms with Crippen molar-refractivity contribution in [2.75, 3.05) is 42.9 Å². The zero-order chi connectivity index (χ0) is 22.9. The zero-order valence-corrected chi connectivity index (χ0v) is 19.0. The van der Waals surface area contributed by atoms with Gasteiger partial charge in [0, 0.05) is 55.4 Å². The van der Waals surface area contributed by atoms with E-state index < -0.39 is 0 Å². The molecule has 0 unspecified atom stereocenters. The Kier molecular flexibility index (Phi) is 5.50. The number of anilines is 3. The fourth-order valence-electron chi connectivity index (χ4n) is 5.20. The summed E-state index contributed by atoms with van der Waals surface area (Å²) in [5, 5.41) is 14.2. The minimum absolute atomic E-state index is 0.443. The molecule has 0 amide bonds. The van der Waals surface area contributed by atoms with Crippen molar-refractivity contribution in [3.63, 3.8) is 0 Å². The number of hydrogen-bond acceptors (Lipinski definition) is 9. The third kappa shape index (κ3) is 3.83. The molecular weight excluding hydrogens is 430 g/mol. The Morgan fingerprint density at radius 2 is 1.85 bits per heavy atom. The number of nitrogens with zero attached hydrogens (tertiary/aromatic N) is 8. The summed E-state index contributed by atoms with van der Waals surface area (Å²) in [6.45, 7) is 3.84. The zero-order valence-electron chi connectivity index (χ0n) is 19.0. The van der Waals surface area contributed by atoms with Crippen LogP contribution < -0.4 is 10.2 Å². The molecule has 5 heterocycles. The van der Waals surface area contributed by atoms with Crippen LogP contribution in [-0.4, -0.2) is 73.6 Å². The van der Waals surface area contributed by atoms with Gasteiger partial charge in [-0.2, -0.15) is 4.98 Å². The molecular formula is C24H27N9O. The number of aromatic nitrogens is 6. The molecule has 34 heavy (non-hydrogen) atoms. The predicted octanol–water partition coefficient (Wildman–Crippen LogP) is 2.95. The van der Waals surface area contributed by atoms with Crippen LogP contribution in [0.4, 0.5) is 17.6 Å². The summed E-state index contributed by atoms with van der Waals surface area (Å²) in [6.07, 6.45) is 11.4. The Labute approximate surface area is 197 Å². The Bertz CT molecular complexity index is 1310. The maximum absolute atomic E-state index is 10.7. The summed E-state index contributed by atoms with van der Waals surface area (Å²) in [4.78, 5) is 28.9. The Morgan fingerprint density at radius 3 is 2.62 bits per heavy atom. The van der Waals surface area contributed by atoms with Crippen LogP contribution in [0.2, 0.25) is 0 Å². The second kappa shape index (κ2) is 8.94. The molecule has 1 saturated heterocycles. The van der Waals surface area contributed by atoms with E-state index >= 15 is 0 Å². The van der Waals surface area contributed by atoms with Crippen molar-refractivity contribution in [1.82, 2.24) is 34.6 Å². The first kappa shape index (κ1) is 20.9. The van der Waals surface area contributed by atoms with Gasteiger partial charge in [-0.15, -0.1) is 10.2 Å². The molecule has 2 fully saturated rings. The molecule has 1 N–H and O–H groups in total. The molecule has 10 nitrogen and oxygen atoms in total. The molecule has 1 saturated carbocycles. The van der Waals surface area contributed by atoms with Crippen molar-refractivity contribution in [2.24, 2.45) is 0 Å². The maximum Gasteiger partial charge on any atom is 0.230 e. The molecule has 10 heteroatoms. The van der Waals surface area contributed by atoms with Gasteiger partial charge in [-0.1, -0.05) is 12.8 Å². The van der Waals surface area contributed by atoms with Crippen LogP contribution in [0.5, 0.6) is 0 Å². The summed E-state index contributed by atoms with van der Waals surface area (Å²) in [5.74, 6) is 1.95. The molecule has 0 spiro atoms. The minimum Gasteiger partial charge on any atom is -0.353 e. The first-order chi connectivity index (χ1) is 16.8. The van der Waals surface area contributed by atoms with Crippen LogP contribution in [0.25, 0.3) is 21.9 Å². The normalized spacial score (nSPS) is 17.6. The van der Waals surface area contributed by atoms with Gasteiger partial charge in [0.15, 0.2) is 11.6 Å². The maximum atomic E-state index is 10.7. The summed E-state index contributed by atoms with van der Waals surface area (Å²) in [6, 6.07) is 6.36. The van der Waals surface area contributed by atoms with E-state index in [1.54, 1.807) is 0 Å². The smallest absolute Gasteiger partial charge is 0.230 e.